The summed E-state index contributed by atoms with van der Waals surface area (Å²) in [5.74, 6) is 2.56. The van der Waals surface area contributed by atoms with Gasteiger partial charge in [-0.05, 0) is 41.8 Å². The molecule has 0 fully saturated rings. The number of fused-ring (bicyclic) bond motifs is 2. The Labute approximate surface area is 161 Å². The van der Waals surface area contributed by atoms with Gasteiger partial charge in [0, 0.05) is 35.2 Å². The van der Waals surface area contributed by atoms with Gasteiger partial charge in [-0.2, -0.15) is 0 Å². The molecule has 4 rings (SSSR count). The molecule has 0 aliphatic carbocycles. The number of methoxy groups -OCH3 is 2. The van der Waals surface area contributed by atoms with E-state index in [4.69, 9.17) is 18.9 Å². The number of ether oxygens (including phenoxy) is 4. The highest BCUT2D eigenvalue weighted by Crippen LogP contribution is 2.36. The predicted octanol–water partition coefficient (Wildman–Crippen LogP) is 3.89. The smallest absolute Gasteiger partial charge is 0.189 e. The number of rotatable bonds is 4. The van der Waals surface area contributed by atoms with Gasteiger partial charge in [-0.25, -0.2) is 0 Å². The van der Waals surface area contributed by atoms with E-state index in [1.807, 2.05) is 0 Å². The van der Waals surface area contributed by atoms with Gasteiger partial charge in [0.05, 0.1) is 20.8 Å². The van der Waals surface area contributed by atoms with Crippen LogP contribution in [-0.4, -0.2) is 32.5 Å². The predicted molar refractivity (Wildman–Crippen MR) is 102 cm³/mol. The highest BCUT2D eigenvalue weighted by molar-refractivity contribution is 9.10. The molecule has 0 spiro atoms. The van der Waals surface area contributed by atoms with Gasteiger partial charge in [0.15, 0.2) is 18.3 Å². The minimum absolute atomic E-state index is 0.321. The van der Waals surface area contributed by atoms with Crippen molar-refractivity contribution < 1.29 is 18.9 Å². The standard InChI is InChI=1S/C20H22BrNO4/c1-23-18-7-13-3-4-22(9-14(13)8-19(18)24-2)10-15-5-17(21)6-16-11-25-12-26-20(15)16/h5-8H,3-4,9-12H2,1-2H3. The summed E-state index contributed by atoms with van der Waals surface area (Å²) in [7, 11) is 3.36. The second-order valence-corrected chi connectivity index (χ2v) is 7.52. The van der Waals surface area contributed by atoms with Crippen molar-refractivity contribution in [1.29, 1.82) is 0 Å². The Morgan fingerprint density at radius 2 is 1.81 bits per heavy atom. The topological polar surface area (TPSA) is 40.2 Å². The van der Waals surface area contributed by atoms with Crippen LogP contribution < -0.4 is 14.2 Å². The maximum Gasteiger partial charge on any atom is 0.189 e. The van der Waals surface area contributed by atoms with E-state index in [-0.39, 0.29) is 0 Å². The lowest BCUT2D eigenvalue weighted by atomic mass is 9.98. The minimum atomic E-state index is 0.321. The molecule has 0 amide bonds. The van der Waals surface area contributed by atoms with Gasteiger partial charge in [0.1, 0.15) is 5.75 Å². The fraction of sp³-hybridized carbons (Fsp3) is 0.400. The van der Waals surface area contributed by atoms with E-state index < -0.39 is 0 Å². The normalized spacial score (nSPS) is 16.4. The lowest BCUT2D eigenvalue weighted by Crippen LogP contribution is -2.30. The van der Waals surface area contributed by atoms with Gasteiger partial charge in [-0.1, -0.05) is 15.9 Å². The summed E-state index contributed by atoms with van der Waals surface area (Å²) >= 11 is 3.61. The maximum atomic E-state index is 5.78. The van der Waals surface area contributed by atoms with Crippen molar-refractivity contribution in [3.63, 3.8) is 0 Å². The molecule has 2 heterocycles. The third kappa shape index (κ3) is 3.41. The molecule has 2 aliphatic rings. The van der Waals surface area contributed by atoms with Crippen molar-refractivity contribution in [2.45, 2.75) is 26.1 Å². The Hall–Kier alpha value is -1.76. The maximum absolute atomic E-state index is 5.78. The number of benzene rings is 2. The van der Waals surface area contributed by atoms with Crippen LogP contribution in [0.15, 0.2) is 28.7 Å². The first kappa shape index (κ1) is 17.6. The largest absolute Gasteiger partial charge is 0.493 e. The summed E-state index contributed by atoms with van der Waals surface area (Å²) in [6.45, 7) is 3.65. The highest BCUT2D eigenvalue weighted by Gasteiger charge is 2.22. The summed E-state index contributed by atoms with van der Waals surface area (Å²) in [5, 5.41) is 0. The molecule has 0 radical (unpaired) electrons. The molecule has 26 heavy (non-hydrogen) atoms. The van der Waals surface area contributed by atoms with Gasteiger partial charge >= 0.3 is 0 Å². The molecular weight excluding hydrogens is 398 g/mol. The summed E-state index contributed by atoms with van der Waals surface area (Å²) < 4.78 is 23.1. The van der Waals surface area contributed by atoms with Crippen LogP contribution in [0.5, 0.6) is 17.2 Å². The number of hydrogen-bond acceptors (Lipinski definition) is 5. The average molecular weight is 420 g/mol. The van der Waals surface area contributed by atoms with Crippen LogP contribution in [0.4, 0.5) is 0 Å². The van der Waals surface area contributed by atoms with E-state index in [1.54, 1.807) is 14.2 Å². The quantitative estimate of drug-likeness (QED) is 0.751. The molecule has 138 valence electrons. The molecule has 2 aliphatic heterocycles. The molecular formula is C20H22BrNO4. The summed E-state index contributed by atoms with van der Waals surface area (Å²) in [4.78, 5) is 2.44. The zero-order valence-corrected chi connectivity index (χ0v) is 16.6. The van der Waals surface area contributed by atoms with Crippen LogP contribution in [0, 0.1) is 0 Å². The molecule has 5 nitrogen and oxygen atoms in total. The minimum Gasteiger partial charge on any atom is -0.493 e. The third-order valence-electron chi connectivity index (χ3n) is 4.94. The van der Waals surface area contributed by atoms with Gasteiger partial charge in [0.2, 0.25) is 0 Å². The van der Waals surface area contributed by atoms with E-state index in [0.29, 0.717) is 13.4 Å². The second-order valence-electron chi connectivity index (χ2n) is 6.60. The van der Waals surface area contributed by atoms with Crippen LogP contribution in [0.2, 0.25) is 0 Å². The van der Waals surface area contributed by atoms with E-state index >= 15 is 0 Å². The Morgan fingerprint density at radius 1 is 1.04 bits per heavy atom. The molecule has 2 aromatic rings. The molecule has 2 aromatic carbocycles. The van der Waals surface area contributed by atoms with Crippen molar-refractivity contribution in [1.82, 2.24) is 4.90 Å². The van der Waals surface area contributed by atoms with Crippen molar-refractivity contribution in [3.05, 3.63) is 51.0 Å². The van der Waals surface area contributed by atoms with E-state index in [0.717, 1.165) is 53.3 Å². The molecule has 0 N–H and O–H groups in total. The summed E-state index contributed by atoms with van der Waals surface area (Å²) in [6, 6.07) is 8.42. The monoisotopic (exact) mass is 419 g/mol. The van der Waals surface area contributed by atoms with Gasteiger partial charge in [0.25, 0.3) is 0 Å². The van der Waals surface area contributed by atoms with Crippen molar-refractivity contribution in [3.8, 4) is 17.2 Å². The van der Waals surface area contributed by atoms with Gasteiger partial charge < -0.3 is 18.9 Å². The first-order chi connectivity index (χ1) is 12.7. The molecule has 0 saturated heterocycles. The Morgan fingerprint density at radius 3 is 2.58 bits per heavy atom. The molecule has 6 heteroatoms. The van der Waals surface area contributed by atoms with Crippen molar-refractivity contribution in [2.75, 3.05) is 27.6 Å². The first-order valence-corrected chi connectivity index (χ1v) is 9.45. The van der Waals surface area contributed by atoms with Gasteiger partial charge in [-0.15, -0.1) is 0 Å². The van der Waals surface area contributed by atoms with E-state index in [9.17, 15) is 0 Å². The molecule has 0 bridgehead atoms. The average Bonchev–Trinajstić information content (AvgIpc) is 2.66. The zero-order chi connectivity index (χ0) is 18.1. The first-order valence-electron chi connectivity index (χ1n) is 8.66. The Kier molecular flexibility index (Phi) is 5.07. The van der Waals surface area contributed by atoms with Crippen LogP contribution in [0.3, 0.4) is 0 Å². The number of hydrogen-bond donors (Lipinski definition) is 0. The number of halogens is 1. The van der Waals surface area contributed by atoms with Crippen LogP contribution >= 0.6 is 15.9 Å². The lowest BCUT2D eigenvalue weighted by Gasteiger charge is -2.31. The van der Waals surface area contributed by atoms with E-state index in [1.165, 1.54) is 16.7 Å². The Bertz CT molecular complexity index is 824. The van der Waals surface area contributed by atoms with Crippen LogP contribution in [0.25, 0.3) is 0 Å². The van der Waals surface area contributed by atoms with Crippen LogP contribution in [0.1, 0.15) is 22.3 Å². The molecule has 0 aromatic heterocycles. The van der Waals surface area contributed by atoms with E-state index in [2.05, 4.69) is 45.1 Å². The molecule has 0 unspecified atom stereocenters. The van der Waals surface area contributed by atoms with Crippen molar-refractivity contribution in [2.24, 2.45) is 0 Å². The molecule has 0 saturated carbocycles. The summed E-state index contributed by atoms with van der Waals surface area (Å²) in [6.07, 6.45) is 0.996. The molecule has 0 atom stereocenters. The Balaban J connectivity index is 1.58. The lowest BCUT2D eigenvalue weighted by molar-refractivity contribution is -0.0175. The zero-order valence-electron chi connectivity index (χ0n) is 15.0. The fourth-order valence-corrected chi connectivity index (χ4v) is 4.24. The fourth-order valence-electron chi connectivity index (χ4n) is 3.69. The summed E-state index contributed by atoms with van der Waals surface area (Å²) in [5.41, 5.74) is 4.92. The highest BCUT2D eigenvalue weighted by atomic mass is 79.9. The number of nitrogens with zero attached hydrogens (tertiary/aromatic N) is 1. The van der Waals surface area contributed by atoms with Crippen LogP contribution in [-0.2, 0) is 30.9 Å². The third-order valence-corrected chi connectivity index (χ3v) is 5.40. The van der Waals surface area contributed by atoms with Crippen molar-refractivity contribution >= 4 is 15.9 Å². The SMILES string of the molecule is COc1cc2c(cc1OC)CN(Cc1cc(Br)cc3c1OCOC3)CC2. The van der Waals surface area contributed by atoms with Gasteiger partial charge in [-0.3, -0.25) is 4.90 Å². The second kappa shape index (κ2) is 7.47.